The van der Waals surface area contributed by atoms with Crippen LogP contribution < -0.4 is 0 Å². The van der Waals surface area contributed by atoms with E-state index in [0.717, 1.165) is 16.8 Å². The summed E-state index contributed by atoms with van der Waals surface area (Å²) in [6.07, 6.45) is 1.79. The normalized spacial score (nSPS) is 9.40. The summed E-state index contributed by atoms with van der Waals surface area (Å²) in [5, 5.41) is 0. The fourth-order valence-corrected chi connectivity index (χ4v) is 1.49. The van der Waals surface area contributed by atoms with Crippen molar-refractivity contribution in [3.63, 3.8) is 0 Å². The highest BCUT2D eigenvalue weighted by Gasteiger charge is 1.98. The molecule has 1 aromatic heterocycles. The topological polar surface area (TPSA) is 12.9 Å². The van der Waals surface area contributed by atoms with Gasteiger partial charge in [-0.1, -0.05) is 30.3 Å². The van der Waals surface area contributed by atoms with Gasteiger partial charge in [-0.15, -0.1) is 24.0 Å². The zero-order chi connectivity index (χ0) is 9.80. The van der Waals surface area contributed by atoms with Crippen molar-refractivity contribution in [2.45, 2.75) is 5.88 Å². The average Bonchev–Trinajstić information content (AvgIpc) is 2.30. The van der Waals surface area contributed by atoms with Gasteiger partial charge in [-0.2, -0.15) is 0 Å². The first kappa shape index (κ1) is 12.0. The van der Waals surface area contributed by atoms with Crippen molar-refractivity contribution in [3.05, 3.63) is 54.2 Å². The highest BCUT2D eigenvalue weighted by atomic mass is 35.5. The van der Waals surface area contributed by atoms with Crippen molar-refractivity contribution in [3.8, 4) is 11.3 Å². The second kappa shape index (κ2) is 5.74. The minimum atomic E-state index is 0. The van der Waals surface area contributed by atoms with Crippen molar-refractivity contribution in [1.29, 1.82) is 0 Å². The van der Waals surface area contributed by atoms with Gasteiger partial charge in [0.2, 0.25) is 0 Å². The number of aromatic nitrogens is 1. The minimum absolute atomic E-state index is 0. The first-order chi connectivity index (χ1) is 6.90. The van der Waals surface area contributed by atoms with Gasteiger partial charge in [0.15, 0.2) is 0 Å². The molecule has 78 valence electrons. The Morgan fingerprint density at radius 3 is 2.47 bits per heavy atom. The Hall–Kier alpha value is -1.05. The first-order valence-corrected chi connectivity index (χ1v) is 5.00. The summed E-state index contributed by atoms with van der Waals surface area (Å²) < 4.78 is 0. The van der Waals surface area contributed by atoms with E-state index in [1.165, 1.54) is 0 Å². The molecule has 0 N–H and O–H groups in total. The molecule has 0 unspecified atom stereocenters. The quantitative estimate of drug-likeness (QED) is 0.725. The zero-order valence-corrected chi connectivity index (χ0v) is 9.63. The van der Waals surface area contributed by atoms with Crippen LogP contribution >= 0.6 is 24.0 Å². The summed E-state index contributed by atoms with van der Waals surface area (Å²) in [6, 6.07) is 14.0. The van der Waals surface area contributed by atoms with Crippen LogP contribution in [0.1, 0.15) is 5.56 Å². The monoisotopic (exact) mass is 239 g/mol. The molecule has 3 heteroatoms. The van der Waals surface area contributed by atoms with E-state index >= 15 is 0 Å². The molecule has 0 aliphatic carbocycles. The van der Waals surface area contributed by atoms with E-state index < -0.39 is 0 Å². The summed E-state index contributed by atoms with van der Waals surface area (Å²) in [7, 11) is 0. The standard InChI is InChI=1S/C12H10ClN.ClH/c13-9-10-6-7-14-12(8-10)11-4-2-1-3-5-11;/h1-8H,9H2;1H. The second-order valence-electron chi connectivity index (χ2n) is 3.05. The number of pyridine rings is 1. The molecule has 0 saturated heterocycles. The third-order valence-electron chi connectivity index (χ3n) is 2.05. The molecule has 0 spiro atoms. The molecule has 0 aliphatic rings. The second-order valence-corrected chi connectivity index (χ2v) is 3.32. The molecule has 0 saturated carbocycles. The Labute approximate surface area is 101 Å². The molecule has 0 aliphatic heterocycles. The van der Waals surface area contributed by atoms with E-state index in [1.54, 1.807) is 6.20 Å². The maximum Gasteiger partial charge on any atom is 0.0705 e. The van der Waals surface area contributed by atoms with Crippen molar-refractivity contribution in [2.75, 3.05) is 0 Å². The summed E-state index contributed by atoms with van der Waals surface area (Å²) >= 11 is 5.76. The van der Waals surface area contributed by atoms with Crippen LogP contribution in [0, 0.1) is 0 Å². The highest BCUT2D eigenvalue weighted by Crippen LogP contribution is 2.17. The van der Waals surface area contributed by atoms with E-state index in [0.29, 0.717) is 5.88 Å². The first-order valence-electron chi connectivity index (χ1n) is 4.46. The summed E-state index contributed by atoms with van der Waals surface area (Å²) in [5.74, 6) is 0.530. The van der Waals surface area contributed by atoms with Crippen LogP contribution in [-0.2, 0) is 5.88 Å². The van der Waals surface area contributed by atoms with Gasteiger partial charge < -0.3 is 0 Å². The number of alkyl halides is 1. The fourth-order valence-electron chi connectivity index (χ4n) is 1.32. The third kappa shape index (κ3) is 2.95. The molecule has 15 heavy (non-hydrogen) atoms. The minimum Gasteiger partial charge on any atom is -0.256 e. The van der Waals surface area contributed by atoms with Crippen LogP contribution in [0.5, 0.6) is 0 Å². The molecule has 2 rings (SSSR count). The van der Waals surface area contributed by atoms with Gasteiger partial charge >= 0.3 is 0 Å². The summed E-state index contributed by atoms with van der Waals surface area (Å²) in [6.45, 7) is 0. The molecular formula is C12H11Cl2N. The van der Waals surface area contributed by atoms with Gasteiger partial charge in [0.05, 0.1) is 5.69 Å². The average molecular weight is 240 g/mol. The van der Waals surface area contributed by atoms with E-state index in [-0.39, 0.29) is 12.4 Å². The molecule has 0 bridgehead atoms. The van der Waals surface area contributed by atoms with E-state index in [1.807, 2.05) is 42.5 Å². The van der Waals surface area contributed by atoms with Gasteiger partial charge in [0.1, 0.15) is 0 Å². The number of benzene rings is 1. The molecule has 0 radical (unpaired) electrons. The smallest absolute Gasteiger partial charge is 0.0705 e. The Balaban J connectivity index is 0.00000112. The number of hydrogen-bond acceptors (Lipinski definition) is 1. The predicted molar refractivity (Wildman–Crippen MR) is 66.5 cm³/mol. The largest absolute Gasteiger partial charge is 0.256 e. The predicted octanol–water partition coefficient (Wildman–Crippen LogP) is 3.91. The van der Waals surface area contributed by atoms with Crippen LogP contribution in [0.3, 0.4) is 0 Å². The molecule has 1 nitrogen and oxygen atoms in total. The van der Waals surface area contributed by atoms with Crippen LogP contribution in [0.4, 0.5) is 0 Å². The number of nitrogens with zero attached hydrogens (tertiary/aromatic N) is 1. The Morgan fingerprint density at radius 2 is 1.80 bits per heavy atom. The molecule has 0 atom stereocenters. The lowest BCUT2D eigenvalue weighted by atomic mass is 10.1. The SMILES string of the molecule is Cl.ClCc1ccnc(-c2ccccc2)c1. The zero-order valence-electron chi connectivity index (χ0n) is 8.06. The van der Waals surface area contributed by atoms with Crippen molar-refractivity contribution in [2.24, 2.45) is 0 Å². The molecular weight excluding hydrogens is 229 g/mol. The number of rotatable bonds is 2. The van der Waals surface area contributed by atoms with Gasteiger partial charge in [-0.25, -0.2) is 0 Å². The van der Waals surface area contributed by atoms with Gasteiger partial charge in [-0.05, 0) is 17.7 Å². The van der Waals surface area contributed by atoms with Crippen LogP contribution in [-0.4, -0.2) is 4.98 Å². The molecule has 1 aromatic carbocycles. The van der Waals surface area contributed by atoms with E-state index in [9.17, 15) is 0 Å². The van der Waals surface area contributed by atoms with Gasteiger partial charge in [0, 0.05) is 17.6 Å². The highest BCUT2D eigenvalue weighted by molar-refractivity contribution is 6.17. The van der Waals surface area contributed by atoms with Crippen LogP contribution in [0.25, 0.3) is 11.3 Å². The molecule has 2 aromatic rings. The fraction of sp³-hybridized carbons (Fsp3) is 0.0833. The van der Waals surface area contributed by atoms with Gasteiger partial charge in [-0.3, -0.25) is 4.98 Å². The molecule has 0 fully saturated rings. The molecule has 1 heterocycles. The van der Waals surface area contributed by atoms with Crippen LogP contribution in [0.15, 0.2) is 48.7 Å². The van der Waals surface area contributed by atoms with Crippen molar-refractivity contribution >= 4 is 24.0 Å². The lowest BCUT2D eigenvalue weighted by molar-refractivity contribution is 1.27. The maximum absolute atomic E-state index is 5.76. The lowest BCUT2D eigenvalue weighted by Gasteiger charge is -2.01. The number of hydrogen-bond donors (Lipinski definition) is 0. The Morgan fingerprint density at radius 1 is 1.07 bits per heavy atom. The molecule has 0 amide bonds. The summed E-state index contributed by atoms with van der Waals surface area (Å²) in [5.41, 5.74) is 3.20. The Bertz CT molecular complexity index is 415. The third-order valence-corrected chi connectivity index (χ3v) is 2.36. The van der Waals surface area contributed by atoms with Crippen LogP contribution in [0.2, 0.25) is 0 Å². The Kier molecular flexibility index (Phi) is 4.60. The van der Waals surface area contributed by atoms with E-state index in [2.05, 4.69) is 4.98 Å². The lowest BCUT2D eigenvalue weighted by Crippen LogP contribution is -1.85. The summed E-state index contributed by atoms with van der Waals surface area (Å²) in [4.78, 5) is 4.30. The van der Waals surface area contributed by atoms with E-state index in [4.69, 9.17) is 11.6 Å². The van der Waals surface area contributed by atoms with Crippen molar-refractivity contribution in [1.82, 2.24) is 4.98 Å². The van der Waals surface area contributed by atoms with Gasteiger partial charge in [0.25, 0.3) is 0 Å². The number of halogens is 2. The van der Waals surface area contributed by atoms with Crippen molar-refractivity contribution < 1.29 is 0 Å². The maximum atomic E-state index is 5.76.